The summed E-state index contributed by atoms with van der Waals surface area (Å²) in [5.74, 6) is 1.73. The molecule has 1 aromatic heterocycles. The molecular formula is C20H31N5O. The van der Waals surface area contributed by atoms with Gasteiger partial charge in [-0.05, 0) is 62.5 Å². The van der Waals surface area contributed by atoms with Crippen molar-refractivity contribution in [2.45, 2.75) is 64.0 Å². The second-order valence-corrected chi connectivity index (χ2v) is 8.47. The van der Waals surface area contributed by atoms with Crippen molar-refractivity contribution in [3.8, 4) is 0 Å². The summed E-state index contributed by atoms with van der Waals surface area (Å²) in [5.41, 5.74) is 8.18. The second-order valence-electron chi connectivity index (χ2n) is 8.47. The third kappa shape index (κ3) is 3.56. The van der Waals surface area contributed by atoms with Crippen LogP contribution in [0.2, 0.25) is 0 Å². The van der Waals surface area contributed by atoms with E-state index in [4.69, 9.17) is 5.73 Å². The first-order chi connectivity index (χ1) is 12.5. The van der Waals surface area contributed by atoms with E-state index in [1.807, 2.05) is 18.1 Å². The van der Waals surface area contributed by atoms with Crippen molar-refractivity contribution in [3.05, 3.63) is 17.5 Å². The van der Waals surface area contributed by atoms with Crippen LogP contribution in [0.3, 0.4) is 0 Å². The summed E-state index contributed by atoms with van der Waals surface area (Å²) >= 11 is 0. The molecule has 2 fully saturated rings. The molecule has 2 N–H and O–H groups in total. The van der Waals surface area contributed by atoms with Crippen LogP contribution in [0, 0.1) is 11.8 Å². The molecule has 0 bridgehead atoms. The van der Waals surface area contributed by atoms with Gasteiger partial charge in [0.1, 0.15) is 0 Å². The fourth-order valence-corrected chi connectivity index (χ4v) is 4.97. The van der Waals surface area contributed by atoms with Gasteiger partial charge >= 0.3 is 0 Å². The number of hydrogen-bond donors (Lipinski definition) is 1. The SMILES string of the molecule is CCCN1C[C@@H](CC(=O)N(C)C2CC2)C[C@@H]2Cc3nc(N)ncc3C[C@H]21. The summed E-state index contributed by atoms with van der Waals surface area (Å²) in [6.07, 6.45) is 9.22. The maximum Gasteiger partial charge on any atom is 0.222 e. The Labute approximate surface area is 156 Å². The number of rotatable bonds is 5. The first-order valence-electron chi connectivity index (χ1n) is 10.1. The lowest BCUT2D eigenvalue weighted by molar-refractivity contribution is -0.132. The number of amides is 1. The summed E-state index contributed by atoms with van der Waals surface area (Å²) in [7, 11) is 1.98. The summed E-state index contributed by atoms with van der Waals surface area (Å²) in [5, 5.41) is 0. The van der Waals surface area contributed by atoms with Gasteiger partial charge in [0.05, 0.1) is 0 Å². The molecule has 0 unspecified atom stereocenters. The van der Waals surface area contributed by atoms with E-state index in [0.29, 0.717) is 42.2 Å². The van der Waals surface area contributed by atoms with Crippen molar-refractivity contribution >= 4 is 11.9 Å². The lowest BCUT2D eigenvalue weighted by Gasteiger charge is -2.47. The van der Waals surface area contributed by atoms with E-state index in [1.54, 1.807) is 0 Å². The van der Waals surface area contributed by atoms with E-state index >= 15 is 0 Å². The van der Waals surface area contributed by atoms with E-state index in [1.165, 1.54) is 18.4 Å². The van der Waals surface area contributed by atoms with Gasteiger partial charge in [0, 0.05) is 44.0 Å². The zero-order valence-corrected chi connectivity index (χ0v) is 16.0. The van der Waals surface area contributed by atoms with Gasteiger partial charge in [-0.25, -0.2) is 9.97 Å². The maximum atomic E-state index is 12.6. The Kier molecular flexibility index (Phi) is 4.86. The minimum Gasteiger partial charge on any atom is -0.368 e. The van der Waals surface area contributed by atoms with Crippen molar-refractivity contribution < 1.29 is 4.79 Å². The highest BCUT2D eigenvalue weighted by atomic mass is 16.2. The van der Waals surface area contributed by atoms with Crippen LogP contribution in [0.15, 0.2) is 6.20 Å². The lowest BCUT2D eigenvalue weighted by Crippen LogP contribution is -2.53. The van der Waals surface area contributed by atoms with Crippen LogP contribution in [0.4, 0.5) is 5.95 Å². The Balaban J connectivity index is 1.48. The second kappa shape index (κ2) is 7.14. The number of aromatic nitrogens is 2. The highest BCUT2D eigenvalue weighted by Gasteiger charge is 2.40. The number of nitrogens with zero attached hydrogens (tertiary/aromatic N) is 4. The van der Waals surface area contributed by atoms with Crippen molar-refractivity contribution in [1.29, 1.82) is 0 Å². The molecule has 1 aliphatic heterocycles. The predicted molar refractivity (Wildman–Crippen MR) is 102 cm³/mol. The van der Waals surface area contributed by atoms with E-state index in [9.17, 15) is 4.79 Å². The molecule has 3 aliphatic rings. The summed E-state index contributed by atoms with van der Waals surface area (Å²) in [6.45, 7) is 4.39. The van der Waals surface area contributed by atoms with E-state index < -0.39 is 0 Å². The minimum atomic E-state index is 0.329. The summed E-state index contributed by atoms with van der Waals surface area (Å²) in [4.78, 5) is 25.9. The minimum absolute atomic E-state index is 0.329. The Morgan fingerprint density at radius 3 is 2.92 bits per heavy atom. The standard InChI is InChI=1S/C20H31N5O/c1-3-6-25-12-13(8-19(26)24(2)16-4-5-16)7-14-9-17-15(10-18(14)25)11-22-20(21)23-17/h11,13-14,16,18H,3-10,12H2,1-2H3,(H2,21,22,23)/t13-,14-,18-/m1/s1. The van der Waals surface area contributed by atoms with Crippen molar-refractivity contribution in [2.24, 2.45) is 11.8 Å². The Hall–Kier alpha value is -1.69. The number of nitrogens with two attached hydrogens (primary N) is 1. The van der Waals surface area contributed by atoms with Gasteiger partial charge in [-0.1, -0.05) is 6.92 Å². The molecule has 0 radical (unpaired) electrons. The predicted octanol–water partition coefficient (Wildman–Crippen LogP) is 1.88. The van der Waals surface area contributed by atoms with E-state index in [2.05, 4.69) is 21.8 Å². The van der Waals surface area contributed by atoms with Gasteiger partial charge in [0.2, 0.25) is 11.9 Å². The molecule has 6 heteroatoms. The van der Waals surface area contributed by atoms with Gasteiger partial charge in [-0.15, -0.1) is 0 Å². The molecule has 0 aromatic carbocycles. The van der Waals surface area contributed by atoms with Crippen molar-refractivity contribution in [3.63, 3.8) is 0 Å². The lowest BCUT2D eigenvalue weighted by atomic mass is 9.73. The van der Waals surface area contributed by atoms with Crippen LogP contribution in [0.5, 0.6) is 0 Å². The first-order valence-corrected chi connectivity index (χ1v) is 10.1. The number of anilines is 1. The monoisotopic (exact) mass is 357 g/mol. The van der Waals surface area contributed by atoms with Crippen molar-refractivity contribution in [2.75, 3.05) is 25.9 Å². The van der Waals surface area contributed by atoms with Crippen molar-refractivity contribution in [1.82, 2.24) is 19.8 Å². The van der Waals surface area contributed by atoms with Crippen LogP contribution >= 0.6 is 0 Å². The normalized spacial score (nSPS) is 28.3. The number of nitrogen functional groups attached to an aromatic ring is 1. The molecule has 4 rings (SSSR count). The zero-order chi connectivity index (χ0) is 18.3. The quantitative estimate of drug-likeness (QED) is 0.871. The highest BCUT2D eigenvalue weighted by molar-refractivity contribution is 5.76. The van der Waals surface area contributed by atoms with E-state index in [0.717, 1.165) is 44.5 Å². The molecule has 1 saturated carbocycles. The molecule has 0 spiro atoms. The topological polar surface area (TPSA) is 75.4 Å². The number of hydrogen-bond acceptors (Lipinski definition) is 5. The molecule has 2 aliphatic carbocycles. The molecule has 26 heavy (non-hydrogen) atoms. The largest absolute Gasteiger partial charge is 0.368 e. The maximum absolute atomic E-state index is 12.6. The van der Waals surface area contributed by atoms with Gasteiger partial charge < -0.3 is 10.6 Å². The molecule has 1 saturated heterocycles. The smallest absolute Gasteiger partial charge is 0.222 e. The summed E-state index contributed by atoms with van der Waals surface area (Å²) < 4.78 is 0. The molecule has 1 aromatic rings. The Morgan fingerprint density at radius 2 is 2.19 bits per heavy atom. The first kappa shape index (κ1) is 17.7. The Morgan fingerprint density at radius 1 is 1.38 bits per heavy atom. The molecule has 1 amide bonds. The van der Waals surface area contributed by atoms with Crippen LogP contribution < -0.4 is 5.73 Å². The Bertz CT molecular complexity index is 674. The number of piperidine rings is 1. The van der Waals surface area contributed by atoms with Crippen LogP contribution in [-0.4, -0.2) is 57.9 Å². The fourth-order valence-electron chi connectivity index (χ4n) is 4.97. The zero-order valence-electron chi connectivity index (χ0n) is 16.0. The average Bonchev–Trinajstić information content (AvgIpc) is 3.45. The van der Waals surface area contributed by atoms with Crippen LogP contribution in [0.25, 0.3) is 0 Å². The van der Waals surface area contributed by atoms with E-state index in [-0.39, 0.29) is 0 Å². The summed E-state index contributed by atoms with van der Waals surface area (Å²) in [6, 6.07) is 1.06. The van der Waals surface area contributed by atoms with Gasteiger partial charge in [-0.3, -0.25) is 9.69 Å². The van der Waals surface area contributed by atoms with Crippen LogP contribution in [-0.2, 0) is 17.6 Å². The van der Waals surface area contributed by atoms with Gasteiger partial charge in [0.15, 0.2) is 0 Å². The molecular weight excluding hydrogens is 326 g/mol. The molecule has 6 nitrogen and oxygen atoms in total. The third-order valence-corrected chi connectivity index (χ3v) is 6.46. The fraction of sp³-hybridized carbons (Fsp3) is 0.750. The average molecular weight is 358 g/mol. The van der Waals surface area contributed by atoms with Gasteiger partial charge in [0.25, 0.3) is 0 Å². The highest BCUT2D eigenvalue weighted by Crippen LogP contribution is 2.38. The number of likely N-dealkylation sites (tertiary alicyclic amines) is 1. The van der Waals surface area contributed by atoms with Gasteiger partial charge in [-0.2, -0.15) is 0 Å². The number of fused-ring (bicyclic) bond motifs is 2. The molecule has 3 atom stereocenters. The third-order valence-electron chi connectivity index (χ3n) is 6.46. The molecule has 142 valence electrons. The molecule has 2 heterocycles. The number of carbonyl (C=O) groups excluding carboxylic acids is 1. The number of carbonyl (C=O) groups is 1. The van der Waals surface area contributed by atoms with Crippen LogP contribution in [0.1, 0.15) is 50.3 Å².